The Hall–Kier alpha value is -8.96. The van der Waals surface area contributed by atoms with E-state index in [0.29, 0.717) is 109 Å². The first kappa shape index (κ1) is 51.9. The van der Waals surface area contributed by atoms with Crippen LogP contribution in [0.1, 0.15) is 89.0 Å². The summed E-state index contributed by atoms with van der Waals surface area (Å²) in [6, 6.07) is 50.3. The Kier molecular flexibility index (Phi) is 15.5. The number of aromatic hydroxyl groups is 4. The molecule has 0 saturated carbocycles. The molecule has 8 aromatic carbocycles. The first-order valence-corrected chi connectivity index (χ1v) is 25.1. The van der Waals surface area contributed by atoms with Crippen molar-refractivity contribution in [2.45, 2.75) is 25.7 Å². The largest absolute Gasteiger partial charge is 0.507 e. The number of nitriles is 4. The van der Waals surface area contributed by atoms with E-state index in [-0.39, 0.29) is 71.0 Å². The van der Waals surface area contributed by atoms with E-state index >= 15 is 0 Å². The van der Waals surface area contributed by atoms with Crippen molar-refractivity contribution >= 4 is 93.0 Å². The second-order valence-electron chi connectivity index (χ2n) is 18.2. The topological polar surface area (TPSA) is 176 Å². The van der Waals surface area contributed by atoms with Gasteiger partial charge in [0.2, 0.25) is 0 Å². The number of halogens is 4. The Bertz CT molecular complexity index is 3320. The Morgan fingerprint density at radius 2 is 0.461 bits per heavy atom. The van der Waals surface area contributed by atoms with Crippen LogP contribution >= 0.6 is 46.4 Å². The summed E-state index contributed by atoms with van der Waals surface area (Å²) < 4.78 is 0. The minimum absolute atomic E-state index is 0.127. The lowest BCUT2D eigenvalue weighted by molar-refractivity contribution is 0.450. The molecule has 0 fully saturated rings. The maximum absolute atomic E-state index is 12.5. The third-order valence-corrected chi connectivity index (χ3v) is 14.1. The van der Waals surface area contributed by atoms with Crippen molar-refractivity contribution in [3.63, 3.8) is 0 Å². The number of allylic oxidation sites excluding steroid dienone is 4. The van der Waals surface area contributed by atoms with E-state index in [1.165, 1.54) is 0 Å². The Morgan fingerprint density at radius 3 is 0.605 bits per heavy atom. The van der Waals surface area contributed by atoms with Gasteiger partial charge in [0.15, 0.2) is 0 Å². The Labute approximate surface area is 459 Å². The molecule has 8 bridgehead atoms. The molecule has 0 spiro atoms. The zero-order chi connectivity index (χ0) is 53.6. The molecule has 1 aliphatic rings. The molecule has 0 aromatic heterocycles. The number of rotatable bonds is 8. The number of phenols is 4. The number of hydrogen-bond acceptors (Lipinski definition) is 8. The first-order valence-electron chi connectivity index (χ1n) is 23.6. The van der Waals surface area contributed by atoms with Crippen LogP contribution in [0.4, 0.5) is 0 Å². The highest BCUT2D eigenvalue weighted by Crippen LogP contribution is 2.42. The molecule has 368 valence electrons. The third kappa shape index (κ3) is 11.7. The molecule has 0 aliphatic heterocycles. The summed E-state index contributed by atoms with van der Waals surface area (Å²) in [5.41, 5.74) is 7.71. The summed E-state index contributed by atoms with van der Waals surface area (Å²) in [4.78, 5) is 0. The molecule has 1 aliphatic carbocycles. The highest BCUT2D eigenvalue weighted by molar-refractivity contribution is 6.31. The fourth-order valence-corrected chi connectivity index (χ4v) is 9.69. The number of hydrogen-bond donors (Lipinski definition) is 4. The first-order chi connectivity index (χ1) is 36.7. The molecular formula is C64H40Cl4N4O4. The summed E-state index contributed by atoms with van der Waals surface area (Å²) in [7, 11) is 0. The van der Waals surface area contributed by atoms with E-state index in [9.17, 15) is 41.5 Å². The highest BCUT2D eigenvalue weighted by Gasteiger charge is 2.24. The van der Waals surface area contributed by atoms with Gasteiger partial charge >= 0.3 is 0 Å². The van der Waals surface area contributed by atoms with Gasteiger partial charge in [0.05, 0.1) is 46.6 Å². The predicted molar refractivity (Wildman–Crippen MR) is 303 cm³/mol. The SMILES string of the molecule is N#C/C(=C\c1ccc(Cl)cc1)c1cc2c(O)c(c1)Cc1cc(/C(C#N)=C/c3ccc(Cl)cc3)cc(c1O)Cc1cc(/C(C#N)=C/c3ccc(Cl)cc3)cc(c1O)Cc1cc(/C(C#N)=C/c3ccc(Cl)cc3)cc(c1O)C2. The van der Waals surface area contributed by atoms with E-state index < -0.39 is 0 Å². The van der Waals surface area contributed by atoms with Crippen molar-refractivity contribution in [3.05, 3.63) is 255 Å². The van der Waals surface area contributed by atoms with E-state index in [0.717, 1.165) is 0 Å². The van der Waals surface area contributed by atoms with Gasteiger partial charge in [-0.05, 0) is 210 Å². The average Bonchev–Trinajstić information content (AvgIpc) is 3.42. The van der Waals surface area contributed by atoms with Crippen LogP contribution in [-0.2, 0) is 25.7 Å². The smallest absolute Gasteiger partial charge is 0.122 e. The van der Waals surface area contributed by atoms with Crippen LogP contribution in [0.5, 0.6) is 23.0 Å². The molecule has 9 rings (SSSR count). The zero-order valence-corrected chi connectivity index (χ0v) is 43.1. The van der Waals surface area contributed by atoms with E-state index in [2.05, 4.69) is 24.3 Å². The zero-order valence-electron chi connectivity index (χ0n) is 40.1. The maximum atomic E-state index is 12.5. The quantitative estimate of drug-likeness (QED) is 0.0858. The van der Waals surface area contributed by atoms with Crippen molar-refractivity contribution < 1.29 is 20.4 Å². The predicted octanol–water partition coefficient (Wildman–Crippen LogP) is 16.1. The fraction of sp³-hybridized carbons (Fsp3) is 0.0625. The third-order valence-electron chi connectivity index (χ3n) is 13.0. The van der Waals surface area contributed by atoms with Gasteiger partial charge in [-0.25, -0.2) is 0 Å². The minimum Gasteiger partial charge on any atom is -0.507 e. The van der Waals surface area contributed by atoms with E-state index in [1.807, 2.05) is 0 Å². The molecule has 0 saturated heterocycles. The van der Waals surface area contributed by atoms with Crippen molar-refractivity contribution in [2.75, 3.05) is 0 Å². The molecule has 4 N–H and O–H groups in total. The Balaban J connectivity index is 1.33. The summed E-state index contributed by atoms with van der Waals surface area (Å²) in [6.07, 6.45) is 6.24. The fourth-order valence-electron chi connectivity index (χ4n) is 9.18. The van der Waals surface area contributed by atoms with Gasteiger partial charge in [0.1, 0.15) is 23.0 Å². The van der Waals surface area contributed by atoms with Crippen LogP contribution in [0.2, 0.25) is 20.1 Å². The molecular weight excluding hydrogens is 1030 g/mol. The van der Waals surface area contributed by atoms with E-state index in [1.54, 1.807) is 170 Å². The lowest BCUT2D eigenvalue weighted by Gasteiger charge is -2.20. The van der Waals surface area contributed by atoms with Crippen molar-refractivity contribution in [3.8, 4) is 47.3 Å². The molecule has 0 radical (unpaired) electrons. The lowest BCUT2D eigenvalue weighted by atomic mass is 9.86. The lowest BCUT2D eigenvalue weighted by Crippen LogP contribution is -2.04. The standard InChI is InChI=1S/C64H40Cl4N4O4/c65-57-9-1-37(2-10-57)17-53(33-69)41-21-45-29-47-23-42(54(34-70)18-38-3-11-58(66)12-4-38)25-49(62(47)74)31-51-27-44(56(36-72)20-40-7-15-60(68)16-8-40)28-52(64(51)76)32-50-26-43(24-48(63(50)75)30-46(22-41)61(45)73)55(35-71)19-39-5-13-59(67)14-6-39/h1-28,73-76H,29-32H2/b53-17+,54-18+,55-19+,56-20+. The average molecular weight is 1070 g/mol. The number of benzene rings is 8. The molecule has 0 atom stereocenters. The normalized spacial score (nSPS) is 12.7. The van der Waals surface area contributed by atoms with Gasteiger partial charge in [-0.15, -0.1) is 0 Å². The number of nitrogens with zero attached hydrogens (tertiary/aromatic N) is 4. The van der Waals surface area contributed by atoms with Crippen LogP contribution in [0.15, 0.2) is 146 Å². The second-order valence-corrected chi connectivity index (χ2v) is 19.9. The highest BCUT2D eigenvalue weighted by atomic mass is 35.5. The molecule has 0 amide bonds. The maximum Gasteiger partial charge on any atom is 0.122 e. The molecule has 8 nitrogen and oxygen atoms in total. The van der Waals surface area contributed by atoms with Gasteiger partial charge in [0.25, 0.3) is 0 Å². The molecule has 76 heavy (non-hydrogen) atoms. The Morgan fingerprint density at radius 1 is 0.303 bits per heavy atom. The molecule has 12 heteroatoms. The summed E-state index contributed by atoms with van der Waals surface area (Å²) in [5.74, 6) is -0.738. The number of phenolic OH excluding ortho intramolecular Hbond substituents is 4. The van der Waals surface area contributed by atoms with Crippen LogP contribution in [0.3, 0.4) is 0 Å². The monoisotopic (exact) mass is 1070 g/mol. The van der Waals surface area contributed by atoms with Crippen molar-refractivity contribution in [2.24, 2.45) is 0 Å². The van der Waals surface area contributed by atoms with Gasteiger partial charge in [0, 0.05) is 45.8 Å². The summed E-state index contributed by atoms with van der Waals surface area (Å²) in [6.45, 7) is 0. The van der Waals surface area contributed by atoms with E-state index in [4.69, 9.17) is 46.4 Å². The van der Waals surface area contributed by atoms with Gasteiger partial charge in [-0.3, -0.25) is 0 Å². The second kappa shape index (κ2) is 22.7. The molecule has 0 unspecified atom stereocenters. The summed E-state index contributed by atoms with van der Waals surface area (Å²) in [5, 5.41) is 94.7. The van der Waals surface area contributed by atoms with Crippen LogP contribution < -0.4 is 0 Å². The molecule has 8 aromatic rings. The van der Waals surface area contributed by atoms with Crippen molar-refractivity contribution in [1.29, 1.82) is 21.0 Å². The van der Waals surface area contributed by atoms with Crippen LogP contribution in [0.25, 0.3) is 46.6 Å². The van der Waals surface area contributed by atoms with Gasteiger partial charge in [-0.2, -0.15) is 21.0 Å². The van der Waals surface area contributed by atoms with Crippen LogP contribution in [0, 0.1) is 45.3 Å². The van der Waals surface area contributed by atoms with Gasteiger partial charge in [-0.1, -0.05) is 94.9 Å². The summed E-state index contributed by atoms with van der Waals surface area (Å²) >= 11 is 24.8. The van der Waals surface area contributed by atoms with Crippen LogP contribution in [-0.4, -0.2) is 20.4 Å². The van der Waals surface area contributed by atoms with Gasteiger partial charge < -0.3 is 20.4 Å². The number of fused-ring (bicyclic) bond motifs is 8. The minimum atomic E-state index is -0.184. The van der Waals surface area contributed by atoms with Crippen molar-refractivity contribution in [1.82, 2.24) is 0 Å². The molecule has 0 heterocycles.